The molecule has 2 bridgehead atoms. The molecule has 0 aliphatic heterocycles. The maximum atomic E-state index is 13.7. The number of carbonyl (C=O) groups excluding carboxylic acids is 1. The fourth-order valence-electron chi connectivity index (χ4n) is 5.15. The zero-order valence-electron chi connectivity index (χ0n) is 15.9. The molecule has 148 valence electrons. The van der Waals surface area contributed by atoms with Gasteiger partial charge < -0.3 is 5.32 Å². The summed E-state index contributed by atoms with van der Waals surface area (Å²) in [6.45, 7) is 4.28. The quantitative estimate of drug-likeness (QED) is 0.496. The van der Waals surface area contributed by atoms with Crippen LogP contribution in [0.15, 0.2) is 36.4 Å². The number of hydrogen-bond donors (Lipinski definition) is 1. The Morgan fingerprint density at radius 2 is 1.66 bits per heavy atom. The highest BCUT2D eigenvalue weighted by molar-refractivity contribution is 6.42. The summed E-state index contributed by atoms with van der Waals surface area (Å²) in [7, 11) is 0. The molecule has 29 heavy (non-hydrogen) atoms. The molecular weight excluding hydrogens is 429 g/mol. The molecule has 2 aliphatic rings. The van der Waals surface area contributed by atoms with Gasteiger partial charge in [0.25, 0.3) is 0 Å². The van der Waals surface area contributed by atoms with Crippen LogP contribution in [0.25, 0.3) is 11.0 Å². The largest absolute Gasteiger partial charge is 0.325 e. The van der Waals surface area contributed by atoms with Crippen molar-refractivity contribution < 1.29 is 4.79 Å². The topological polar surface area (TPSA) is 54.9 Å². The van der Waals surface area contributed by atoms with E-state index in [9.17, 15) is 4.79 Å². The van der Waals surface area contributed by atoms with Crippen molar-refractivity contribution in [2.45, 2.75) is 38.0 Å². The molecule has 2 aromatic carbocycles. The zero-order valence-corrected chi connectivity index (χ0v) is 18.2. The second kappa shape index (κ2) is 6.31. The van der Waals surface area contributed by atoms with E-state index in [-0.39, 0.29) is 17.2 Å². The van der Waals surface area contributed by atoms with Crippen molar-refractivity contribution in [3.05, 3.63) is 62.9 Å². The number of hydrogen-bond acceptors (Lipinski definition) is 3. The number of fused-ring (bicyclic) bond motifs is 6. The molecule has 1 aromatic heterocycles. The highest BCUT2D eigenvalue weighted by Gasteiger charge is 2.67. The lowest BCUT2D eigenvalue weighted by Gasteiger charge is -2.36. The van der Waals surface area contributed by atoms with Crippen LogP contribution in [0.3, 0.4) is 0 Å². The number of rotatable bonds is 2. The van der Waals surface area contributed by atoms with E-state index in [0.717, 1.165) is 24.2 Å². The van der Waals surface area contributed by atoms with E-state index in [1.165, 1.54) is 0 Å². The molecule has 3 aromatic rings. The van der Waals surface area contributed by atoms with Gasteiger partial charge in [-0.25, -0.2) is 9.97 Å². The van der Waals surface area contributed by atoms with Gasteiger partial charge in [0.1, 0.15) is 0 Å². The standard InChI is InChI=1S/C22H18Cl3N3O/c1-21(2)13-7-8-22(21,20(29)26-12-5-3-11(23)4-6-12)19-18(13)27-16-9-14(24)15(25)10-17(16)28-19/h3-6,9-10,13H,7-8H2,1-2H3,(H,26,29). The van der Waals surface area contributed by atoms with Gasteiger partial charge in [-0.3, -0.25) is 4.79 Å². The van der Waals surface area contributed by atoms with Crippen LogP contribution in [-0.2, 0) is 10.2 Å². The van der Waals surface area contributed by atoms with Gasteiger partial charge in [0.2, 0.25) is 5.91 Å². The number of nitrogens with one attached hydrogen (secondary N) is 1. The lowest BCUT2D eigenvalue weighted by Crippen LogP contribution is -2.46. The molecule has 2 atom stereocenters. The lowest BCUT2D eigenvalue weighted by molar-refractivity contribution is -0.124. The van der Waals surface area contributed by atoms with Crippen molar-refractivity contribution in [2.24, 2.45) is 5.41 Å². The summed E-state index contributed by atoms with van der Waals surface area (Å²) in [6, 6.07) is 10.6. The van der Waals surface area contributed by atoms with Gasteiger partial charge in [0, 0.05) is 16.6 Å². The van der Waals surface area contributed by atoms with Crippen LogP contribution >= 0.6 is 34.8 Å². The Morgan fingerprint density at radius 1 is 1.03 bits per heavy atom. The van der Waals surface area contributed by atoms with E-state index in [2.05, 4.69) is 19.2 Å². The maximum absolute atomic E-state index is 13.7. The van der Waals surface area contributed by atoms with Crippen LogP contribution in [-0.4, -0.2) is 15.9 Å². The summed E-state index contributed by atoms with van der Waals surface area (Å²) in [6.07, 6.45) is 1.63. The fourth-order valence-corrected chi connectivity index (χ4v) is 5.59. The number of anilines is 1. The minimum Gasteiger partial charge on any atom is -0.325 e. The van der Waals surface area contributed by atoms with Crippen molar-refractivity contribution in [2.75, 3.05) is 5.32 Å². The van der Waals surface area contributed by atoms with E-state index < -0.39 is 5.41 Å². The Kier molecular flexibility index (Phi) is 4.16. The number of nitrogens with zero attached hydrogens (tertiary/aromatic N) is 2. The molecule has 4 nitrogen and oxygen atoms in total. The van der Waals surface area contributed by atoms with Crippen molar-refractivity contribution in [1.29, 1.82) is 0 Å². The molecule has 1 N–H and O–H groups in total. The van der Waals surface area contributed by atoms with E-state index in [4.69, 9.17) is 44.8 Å². The van der Waals surface area contributed by atoms with Crippen LogP contribution in [0.1, 0.15) is 44.0 Å². The van der Waals surface area contributed by atoms with E-state index in [1.54, 1.807) is 36.4 Å². The van der Waals surface area contributed by atoms with Crippen molar-refractivity contribution in [1.82, 2.24) is 9.97 Å². The Labute approximate surface area is 183 Å². The predicted molar refractivity (Wildman–Crippen MR) is 117 cm³/mol. The van der Waals surface area contributed by atoms with Gasteiger partial charge in [-0.05, 0) is 54.7 Å². The monoisotopic (exact) mass is 445 g/mol. The smallest absolute Gasteiger partial charge is 0.237 e. The van der Waals surface area contributed by atoms with Gasteiger partial charge in [-0.2, -0.15) is 0 Å². The molecule has 0 saturated heterocycles. The predicted octanol–water partition coefficient (Wildman–Crippen LogP) is 6.38. The Bertz CT molecular complexity index is 1180. The van der Waals surface area contributed by atoms with Gasteiger partial charge >= 0.3 is 0 Å². The average Bonchev–Trinajstić information content (AvgIpc) is 3.05. The summed E-state index contributed by atoms with van der Waals surface area (Å²) in [5.74, 6) is 0.111. The third-order valence-corrected chi connectivity index (χ3v) is 7.71. The average molecular weight is 447 g/mol. The lowest BCUT2D eigenvalue weighted by atomic mass is 9.67. The molecule has 7 heteroatoms. The first-order valence-electron chi connectivity index (χ1n) is 9.48. The second-order valence-corrected chi connectivity index (χ2v) is 9.64. The molecule has 2 aliphatic carbocycles. The third-order valence-electron chi connectivity index (χ3n) is 6.74. The van der Waals surface area contributed by atoms with Gasteiger partial charge in [0.15, 0.2) is 0 Å². The summed E-state index contributed by atoms with van der Waals surface area (Å²) in [5.41, 5.74) is 2.67. The third kappa shape index (κ3) is 2.56. The first-order valence-corrected chi connectivity index (χ1v) is 10.6. The molecular formula is C22H18Cl3N3O. The van der Waals surface area contributed by atoms with E-state index in [0.29, 0.717) is 31.8 Å². The minimum atomic E-state index is -0.750. The highest BCUT2D eigenvalue weighted by atomic mass is 35.5. The number of halogens is 3. The number of amides is 1. The Morgan fingerprint density at radius 3 is 2.31 bits per heavy atom. The van der Waals surface area contributed by atoms with Crippen molar-refractivity contribution in [3.8, 4) is 0 Å². The molecule has 5 rings (SSSR count). The summed E-state index contributed by atoms with van der Waals surface area (Å²) in [5, 5.41) is 4.58. The van der Waals surface area contributed by atoms with E-state index in [1.807, 2.05) is 0 Å². The normalized spacial score (nSPS) is 24.0. The van der Waals surface area contributed by atoms with E-state index >= 15 is 0 Å². The van der Waals surface area contributed by atoms with Crippen LogP contribution in [0.5, 0.6) is 0 Å². The summed E-state index contributed by atoms with van der Waals surface area (Å²) in [4.78, 5) is 23.4. The van der Waals surface area contributed by atoms with Gasteiger partial charge in [-0.15, -0.1) is 0 Å². The molecule has 1 amide bonds. The van der Waals surface area contributed by atoms with Crippen LogP contribution in [0, 0.1) is 5.41 Å². The molecule has 1 fully saturated rings. The van der Waals surface area contributed by atoms with Crippen LogP contribution in [0.4, 0.5) is 5.69 Å². The first-order chi connectivity index (χ1) is 13.7. The molecule has 0 radical (unpaired) electrons. The highest BCUT2D eigenvalue weighted by Crippen LogP contribution is 2.67. The SMILES string of the molecule is CC1(C)C2CCC1(C(=O)Nc1ccc(Cl)cc1)c1nc3cc(Cl)c(Cl)cc3nc12. The Balaban J connectivity index is 1.66. The summed E-state index contributed by atoms with van der Waals surface area (Å²) < 4.78 is 0. The van der Waals surface area contributed by atoms with Crippen LogP contribution in [0.2, 0.25) is 15.1 Å². The maximum Gasteiger partial charge on any atom is 0.237 e. The van der Waals surface area contributed by atoms with Crippen molar-refractivity contribution >= 4 is 57.4 Å². The Hall–Kier alpha value is -1.88. The zero-order chi connectivity index (χ0) is 20.6. The minimum absolute atomic E-state index is 0.0558. The first kappa shape index (κ1) is 19.1. The molecule has 2 unspecified atom stereocenters. The van der Waals surface area contributed by atoms with Crippen molar-refractivity contribution in [3.63, 3.8) is 0 Å². The molecule has 1 saturated carbocycles. The summed E-state index contributed by atoms with van der Waals surface area (Å²) >= 11 is 18.4. The van der Waals surface area contributed by atoms with Gasteiger partial charge in [-0.1, -0.05) is 48.7 Å². The number of benzene rings is 2. The van der Waals surface area contributed by atoms with Crippen LogP contribution < -0.4 is 5.32 Å². The second-order valence-electron chi connectivity index (χ2n) is 8.39. The molecule has 0 spiro atoms. The number of carbonyl (C=O) groups is 1. The molecule has 1 heterocycles. The number of aromatic nitrogens is 2. The van der Waals surface area contributed by atoms with Gasteiger partial charge in [0.05, 0.1) is 37.9 Å². The fraction of sp³-hybridized carbons (Fsp3) is 0.318.